The molecule has 0 N–H and O–H groups in total. The van der Waals surface area contributed by atoms with Crippen LogP contribution in [0.4, 0.5) is 0 Å². The largest absolute Gasteiger partial charge is 0.287 e. The number of benzene rings is 1. The van der Waals surface area contributed by atoms with Crippen LogP contribution in [0.25, 0.3) is 10.9 Å². The van der Waals surface area contributed by atoms with Gasteiger partial charge < -0.3 is 0 Å². The molecule has 0 spiro atoms. The van der Waals surface area contributed by atoms with E-state index in [0.29, 0.717) is 0 Å². The summed E-state index contributed by atoms with van der Waals surface area (Å²) in [5, 5.41) is 1.32. The Morgan fingerprint density at radius 2 is 2.00 bits per heavy atom. The SMILES string of the molecule is Cc1cc2ccccc2n1I. The number of halogens is 1. The van der Waals surface area contributed by atoms with Crippen LogP contribution >= 0.6 is 22.9 Å². The first-order valence-corrected chi connectivity index (χ1v) is 4.49. The highest BCUT2D eigenvalue weighted by Crippen LogP contribution is 2.20. The van der Waals surface area contributed by atoms with E-state index in [1.54, 1.807) is 0 Å². The first-order chi connectivity index (χ1) is 5.29. The van der Waals surface area contributed by atoms with Crippen LogP contribution in [0.15, 0.2) is 30.3 Å². The monoisotopic (exact) mass is 257 g/mol. The second-order valence-corrected chi connectivity index (χ2v) is 3.59. The average Bonchev–Trinajstić information content (AvgIpc) is 2.30. The molecular weight excluding hydrogens is 249 g/mol. The van der Waals surface area contributed by atoms with Gasteiger partial charge in [-0.3, -0.25) is 2.78 Å². The lowest BCUT2D eigenvalue weighted by Crippen LogP contribution is -1.78. The van der Waals surface area contributed by atoms with Crippen LogP contribution in [0, 0.1) is 6.92 Å². The summed E-state index contributed by atoms with van der Waals surface area (Å²) in [6, 6.07) is 10.6. The van der Waals surface area contributed by atoms with Gasteiger partial charge in [-0.1, -0.05) is 18.2 Å². The second kappa shape index (κ2) is 2.52. The van der Waals surface area contributed by atoms with Crippen LogP contribution in [0.2, 0.25) is 0 Å². The number of nitrogens with zero attached hydrogens (tertiary/aromatic N) is 1. The van der Waals surface area contributed by atoms with Crippen molar-refractivity contribution in [3.05, 3.63) is 36.0 Å². The van der Waals surface area contributed by atoms with Crippen LogP contribution in [-0.4, -0.2) is 2.78 Å². The zero-order chi connectivity index (χ0) is 7.84. The van der Waals surface area contributed by atoms with Crippen molar-refractivity contribution in [1.29, 1.82) is 0 Å². The molecule has 2 heteroatoms. The van der Waals surface area contributed by atoms with Gasteiger partial charge in [-0.2, -0.15) is 0 Å². The summed E-state index contributed by atoms with van der Waals surface area (Å²) in [6.07, 6.45) is 0. The van der Waals surface area contributed by atoms with Crippen molar-refractivity contribution in [2.24, 2.45) is 0 Å². The van der Waals surface area contributed by atoms with Gasteiger partial charge in [0.15, 0.2) is 0 Å². The molecule has 0 saturated carbocycles. The topological polar surface area (TPSA) is 4.93 Å². The Kier molecular flexibility index (Phi) is 1.64. The van der Waals surface area contributed by atoms with Gasteiger partial charge in [0.2, 0.25) is 0 Å². The van der Waals surface area contributed by atoms with Gasteiger partial charge in [0.1, 0.15) is 0 Å². The lowest BCUT2D eigenvalue weighted by atomic mass is 10.2. The van der Waals surface area contributed by atoms with Gasteiger partial charge >= 0.3 is 0 Å². The van der Waals surface area contributed by atoms with Crippen LogP contribution in [0.5, 0.6) is 0 Å². The maximum atomic E-state index is 2.31. The quantitative estimate of drug-likeness (QED) is 0.639. The Morgan fingerprint density at radius 1 is 1.27 bits per heavy atom. The van der Waals surface area contributed by atoms with E-state index in [1.165, 1.54) is 16.6 Å². The van der Waals surface area contributed by atoms with E-state index in [-0.39, 0.29) is 0 Å². The van der Waals surface area contributed by atoms with E-state index in [1.807, 2.05) is 0 Å². The molecule has 1 nitrogen and oxygen atoms in total. The van der Waals surface area contributed by atoms with Gasteiger partial charge in [0, 0.05) is 11.1 Å². The minimum absolute atomic E-state index is 1.30. The molecule has 0 aliphatic rings. The first kappa shape index (κ1) is 7.16. The molecule has 0 saturated heterocycles. The van der Waals surface area contributed by atoms with Crippen molar-refractivity contribution < 1.29 is 0 Å². The van der Waals surface area contributed by atoms with Crippen LogP contribution in [0.3, 0.4) is 0 Å². The van der Waals surface area contributed by atoms with E-state index >= 15 is 0 Å². The predicted octanol–water partition coefficient (Wildman–Crippen LogP) is 3.15. The van der Waals surface area contributed by atoms with Crippen LogP contribution < -0.4 is 0 Å². The summed E-state index contributed by atoms with van der Waals surface area (Å²) >= 11 is 2.31. The molecule has 0 amide bonds. The van der Waals surface area contributed by atoms with Crippen molar-refractivity contribution >= 4 is 33.8 Å². The lowest BCUT2D eigenvalue weighted by molar-refractivity contribution is 1.27. The molecule has 0 fully saturated rings. The summed E-state index contributed by atoms with van der Waals surface area (Å²) in [7, 11) is 0. The summed E-state index contributed by atoms with van der Waals surface area (Å²) in [6.45, 7) is 2.12. The normalized spacial score (nSPS) is 10.7. The van der Waals surface area contributed by atoms with Crippen LogP contribution in [-0.2, 0) is 0 Å². The number of para-hydroxylation sites is 1. The minimum Gasteiger partial charge on any atom is -0.287 e. The van der Waals surface area contributed by atoms with Crippen molar-refractivity contribution in [3.8, 4) is 0 Å². The Morgan fingerprint density at radius 3 is 2.73 bits per heavy atom. The van der Waals surface area contributed by atoms with Gasteiger partial charge in [0.05, 0.1) is 28.4 Å². The molecule has 0 bridgehead atoms. The Bertz CT molecular complexity index is 389. The van der Waals surface area contributed by atoms with Gasteiger partial charge in [-0.05, 0) is 19.1 Å². The number of hydrogen-bond donors (Lipinski definition) is 0. The predicted molar refractivity (Wildman–Crippen MR) is 56.1 cm³/mol. The Hall–Kier alpha value is -0.510. The van der Waals surface area contributed by atoms with Crippen molar-refractivity contribution in [2.75, 3.05) is 0 Å². The van der Waals surface area contributed by atoms with Gasteiger partial charge in [-0.15, -0.1) is 0 Å². The molecule has 56 valence electrons. The van der Waals surface area contributed by atoms with Crippen molar-refractivity contribution in [3.63, 3.8) is 0 Å². The molecule has 2 aromatic rings. The molecule has 2 rings (SSSR count). The highest BCUT2D eigenvalue weighted by Gasteiger charge is 1.99. The highest BCUT2D eigenvalue weighted by molar-refractivity contribution is 14.1. The number of hydrogen-bond acceptors (Lipinski definition) is 0. The third kappa shape index (κ3) is 1.05. The second-order valence-electron chi connectivity index (χ2n) is 2.63. The zero-order valence-corrected chi connectivity index (χ0v) is 8.37. The average molecular weight is 257 g/mol. The molecular formula is C9H8IN. The number of aromatic nitrogens is 1. The summed E-state index contributed by atoms with van der Waals surface area (Å²) in [4.78, 5) is 0. The molecule has 0 aliphatic heterocycles. The molecule has 1 heterocycles. The molecule has 11 heavy (non-hydrogen) atoms. The third-order valence-corrected chi connectivity index (χ3v) is 3.10. The minimum atomic E-state index is 1.30. The fourth-order valence-corrected chi connectivity index (χ4v) is 1.84. The van der Waals surface area contributed by atoms with E-state index in [9.17, 15) is 0 Å². The molecule has 1 aromatic carbocycles. The van der Waals surface area contributed by atoms with E-state index < -0.39 is 0 Å². The highest BCUT2D eigenvalue weighted by atomic mass is 127. The Balaban J connectivity index is 2.92. The summed E-state index contributed by atoms with van der Waals surface area (Å²) < 4.78 is 2.17. The third-order valence-electron chi connectivity index (χ3n) is 1.82. The zero-order valence-electron chi connectivity index (χ0n) is 6.21. The van der Waals surface area contributed by atoms with Gasteiger partial charge in [-0.25, -0.2) is 0 Å². The molecule has 0 atom stereocenters. The van der Waals surface area contributed by atoms with Crippen molar-refractivity contribution in [1.82, 2.24) is 2.78 Å². The van der Waals surface area contributed by atoms with Crippen LogP contribution in [0.1, 0.15) is 5.69 Å². The van der Waals surface area contributed by atoms with Crippen molar-refractivity contribution in [2.45, 2.75) is 6.92 Å². The maximum Gasteiger partial charge on any atom is 0.0643 e. The van der Waals surface area contributed by atoms with E-state index in [0.717, 1.165) is 0 Å². The number of aryl methyl sites for hydroxylation is 1. The lowest BCUT2D eigenvalue weighted by Gasteiger charge is -1.93. The fraction of sp³-hybridized carbons (Fsp3) is 0.111. The molecule has 0 aliphatic carbocycles. The molecule has 0 unspecified atom stereocenters. The van der Waals surface area contributed by atoms with E-state index in [4.69, 9.17) is 0 Å². The van der Waals surface area contributed by atoms with Gasteiger partial charge in [0.25, 0.3) is 0 Å². The Labute approximate surface area is 79.5 Å². The maximum absolute atomic E-state index is 2.31. The number of fused-ring (bicyclic) bond motifs is 1. The van der Waals surface area contributed by atoms with E-state index in [2.05, 4.69) is 62.9 Å². The molecule has 1 aromatic heterocycles. The first-order valence-electron chi connectivity index (χ1n) is 3.52. The fourth-order valence-electron chi connectivity index (χ4n) is 1.26. The number of rotatable bonds is 0. The summed E-state index contributed by atoms with van der Waals surface area (Å²) in [5.74, 6) is 0. The summed E-state index contributed by atoms with van der Waals surface area (Å²) in [5.41, 5.74) is 2.59. The smallest absolute Gasteiger partial charge is 0.0643 e. The molecule has 0 radical (unpaired) electrons. The standard InChI is InChI=1S/C9H8IN/c1-7-6-8-4-2-3-5-9(8)11(7)10/h2-6H,1H3.